The number of halogens is 20. The third kappa shape index (κ3) is 11.9. The molecular weight excluding hydrogens is 981 g/mol. The van der Waals surface area contributed by atoms with Crippen LogP contribution < -0.4 is 27.2 Å². The molecule has 0 fully saturated rings. The van der Waals surface area contributed by atoms with Gasteiger partial charge in [0.25, 0.3) is 0 Å². The van der Waals surface area contributed by atoms with Crippen molar-refractivity contribution >= 4 is 33.7 Å². The minimum atomic E-state index is -7.22. The van der Waals surface area contributed by atoms with Gasteiger partial charge in [-0.15, -0.1) is 21.9 Å². The lowest BCUT2D eigenvalue weighted by Crippen LogP contribution is -2.81. The third-order valence-electron chi connectivity index (χ3n) is 11.9. The lowest BCUT2D eigenvalue weighted by Gasteiger charge is -2.44. The summed E-state index contributed by atoms with van der Waals surface area (Å²) in [5.74, 6) is -71.4. The van der Waals surface area contributed by atoms with Crippen LogP contribution in [0.5, 0.6) is 0 Å². The molecule has 0 aromatic heterocycles. The second kappa shape index (κ2) is 25.7. The predicted molar refractivity (Wildman–Crippen MR) is 222 cm³/mol. The Morgan fingerprint density at radius 2 is 0.471 bits per heavy atom. The summed E-state index contributed by atoms with van der Waals surface area (Å²) < 4.78 is 294. The molecule has 0 saturated carbocycles. The molecule has 0 saturated heterocycles. The first-order chi connectivity index (χ1) is 33.1. The van der Waals surface area contributed by atoms with Crippen LogP contribution in [0.4, 0.5) is 93.5 Å². The van der Waals surface area contributed by atoms with Gasteiger partial charge in [0.15, 0.2) is 69.8 Å². The number of para-hydroxylation sites is 1. The Balaban J connectivity index is 0.000000361. The van der Waals surface area contributed by atoms with Gasteiger partial charge in [0, 0.05) is 0 Å². The molecule has 22 heteroatoms. The molecule has 5 aromatic rings. The van der Waals surface area contributed by atoms with Crippen molar-refractivity contribution in [2.75, 3.05) is 6.54 Å². The smallest absolute Gasteiger partial charge is 0.200 e. The van der Waals surface area contributed by atoms with Crippen molar-refractivity contribution in [1.29, 1.82) is 0 Å². The first-order valence-corrected chi connectivity index (χ1v) is 22.2. The second-order valence-electron chi connectivity index (χ2n) is 16.5. The Morgan fingerprint density at radius 1 is 0.271 bits per heavy atom. The molecule has 0 aliphatic carbocycles. The lowest BCUT2D eigenvalue weighted by molar-refractivity contribution is -0.572. The molecule has 5 aromatic carbocycles. The Kier molecular flexibility index (Phi) is 21.1. The van der Waals surface area contributed by atoms with Crippen molar-refractivity contribution in [3.63, 3.8) is 0 Å². The number of rotatable bonds is 22. The van der Waals surface area contributed by atoms with Crippen LogP contribution in [-0.2, 0) is 0 Å². The minimum absolute atomic E-state index is 1.24. The monoisotopic (exact) mass is 1030 g/mol. The minimum Gasteiger partial charge on any atom is -0.314 e. The maximum absolute atomic E-state index is 15.4. The Labute approximate surface area is 389 Å². The highest BCUT2D eigenvalue weighted by molar-refractivity contribution is 7.20. The van der Waals surface area contributed by atoms with Gasteiger partial charge in [-0.05, 0) is 25.0 Å². The maximum Gasteiger partial charge on any atom is 0.200 e. The maximum atomic E-state index is 15.4. The zero-order chi connectivity index (χ0) is 52.2. The van der Waals surface area contributed by atoms with Gasteiger partial charge in [-0.25, -0.2) is 87.8 Å². The Morgan fingerprint density at radius 3 is 0.700 bits per heavy atom. The Bertz CT molecular complexity index is 2210. The summed E-state index contributed by atoms with van der Waals surface area (Å²) in [7, 11) is 0. The Hall–Kier alpha value is -5.28. The van der Waals surface area contributed by atoms with Gasteiger partial charge in [0.1, 0.15) is 58.4 Å². The summed E-state index contributed by atoms with van der Waals surface area (Å²) in [5, 5.41) is 2.38. The predicted octanol–water partition coefficient (Wildman–Crippen LogP) is 13.0. The van der Waals surface area contributed by atoms with E-state index in [1.165, 1.54) is 115 Å². The van der Waals surface area contributed by atoms with Gasteiger partial charge >= 0.3 is 0 Å². The molecule has 0 heterocycles. The van der Waals surface area contributed by atoms with Crippen molar-refractivity contribution in [1.82, 2.24) is 0 Å². The summed E-state index contributed by atoms with van der Waals surface area (Å²) in [6, 6.07) is 10.7. The van der Waals surface area contributed by atoms with E-state index >= 15 is 35.1 Å². The lowest BCUT2D eigenvalue weighted by atomic mass is 9.12. The van der Waals surface area contributed by atoms with Gasteiger partial charge in [-0.2, -0.15) is 0 Å². The second-order valence-corrected chi connectivity index (χ2v) is 16.5. The van der Waals surface area contributed by atoms with Crippen LogP contribution >= 0.6 is 0 Å². The first-order valence-electron chi connectivity index (χ1n) is 22.2. The first kappa shape index (κ1) is 57.3. The van der Waals surface area contributed by atoms with Crippen LogP contribution in [0.1, 0.15) is 110 Å². The van der Waals surface area contributed by atoms with Crippen molar-refractivity contribution in [3.8, 4) is 0 Å². The number of hydrogen-bond acceptors (Lipinski definition) is 0. The number of quaternary nitrogens is 1. The highest BCUT2D eigenvalue weighted by Crippen LogP contribution is 2.31. The van der Waals surface area contributed by atoms with Crippen LogP contribution in [0, 0.1) is 116 Å². The van der Waals surface area contributed by atoms with E-state index in [-0.39, 0.29) is 0 Å². The van der Waals surface area contributed by atoms with E-state index in [1.807, 2.05) is 0 Å². The van der Waals surface area contributed by atoms with E-state index in [2.05, 4.69) is 42.6 Å². The molecule has 0 spiro atoms. The summed E-state index contributed by atoms with van der Waals surface area (Å²) in [4.78, 5) is 0. The van der Waals surface area contributed by atoms with Crippen LogP contribution in [0.3, 0.4) is 0 Å². The normalized spacial score (nSPS) is 11.7. The molecule has 2 N–H and O–H groups in total. The van der Waals surface area contributed by atoms with E-state index in [4.69, 9.17) is 0 Å². The molecule has 0 aliphatic rings. The molecule has 0 unspecified atom stereocenters. The van der Waals surface area contributed by atoms with Crippen molar-refractivity contribution in [2.24, 2.45) is 0 Å². The molecular formula is C48H44BF20N. The fourth-order valence-electron chi connectivity index (χ4n) is 8.42. The molecule has 70 heavy (non-hydrogen) atoms. The average molecular weight is 1030 g/mol. The molecule has 5 rings (SSSR count). The molecule has 0 amide bonds. The molecule has 1 nitrogen and oxygen atoms in total. The number of hydrogen-bond donors (Lipinski definition) is 1. The van der Waals surface area contributed by atoms with Crippen LogP contribution in [0.15, 0.2) is 30.3 Å². The molecule has 0 radical (unpaired) electrons. The van der Waals surface area contributed by atoms with E-state index in [1.54, 1.807) is 0 Å². The summed E-state index contributed by atoms with van der Waals surface area (Å²) in [6.45, 7) is 3.53. The van der Waals surface area contributed by atoms with Crippen LogP contribution in [0.2, 0.25) is 0 Å². The van der Waals surface area contributed by atoms with Gasteiger partial charge < -0.3 is 5.32 Å². The summed E-state index contributed by atoms with van der Waals surface area (Å²) in [6.07, 6.45) is 15.9. The van der Waals surface area contributed by atoms with Crippen LogP contribution in [0.25, 0.3) is 0 Å². The van der Waals surface area contributed by atoms with Gasteiger partial charge in [-0.3, -0.25) is 0 Å². The average Bonchev–Trinajstić information content (AvgIpc) is 3.35. The van der Waals surface area contributed by atoms with E-state index in [0.29, 0.717) is 0 Å². The number of unbranched alkanes of at least 4 members (excludes halogenated alkanes) is 15. The molecule has 0 atom stereocenters. The van der Waals surface area contributed by atoms with Gasteiger partial charge in [-0.1, -0.05) is 115 Å². The number of benzene rings is 5. The summed E-state index contributed by atoms with van der Waals surface area (Å²) >= 11 is 0. The third-order valence-corrected chi connectivity index (χ3v) is 11.9. The van der Waals surface area contributed by atoms with Crippen molar-refractivity contribution in [2.45, 2.75) is 110 Å². The molecule has 0 bridgehead atoms. The zero-order valence-electron chi connectivity index (χ0n) is 37.1. The van der Waals surface area contributed by atoms with Crippen molar-refractivity contribution < 1.29 is 93.1 Å². The van der Waals surface area contributed by atoms with Crippen LogP contribution in [-0.4, -0.2) is 12.7 Å². The molecule has 384 valence electrons. The van der Waals surface area contributed by atoms with E-state index < -0.39 is 144 Å². The zero-order valence-corrected chi connectivity index (χ0v) is 37.1. The number of nitrogens with two attached hydrogens (primary N) is 1. The SMILES string of the molecule is CCCCCCCCCCCCCCCCCC[NH2+]c1ccccc1.Fc1c(F)c(F)c([B-](c2c(F)c(F)c(F)c(F)c2F)(c2c(F)c(F)c(F)c(F)c2F)c2c(F)c(F)c(F)c(F)c2F)c(F)c1F. The van der Waals surface area contributed by atoms with Crippen molar-refractivity contribution in [3.05, 3.63) is 147 Å². The summed E-state index contributed by atoms with van der Waals surface area (Å²) in [5.41, 5.74) is -13.0. The largest absolute Gasteiger partial charge is 0.314 e. The highest BCUT2D eigenvalue weighted by Gasteiger charge is 2.52. The molecule has 0 aliphatic heterocycles. The fraction of sp³-hybridized carbons (Fsp3) is 0.375. The topological polar surface area (TPSA) is 16.6 Å². The van der Waals surface area contributed by atoms with E-state index in [9.17, 15) is 52.7 Å². The highest BCUT2D eigenvalue weighted by atomic mass is 19.2. The quantitative estimate of drug-likeness (QED) is 0.0178. The van der Waals surface area contributed by atoms with Gasteiger partial charge in [0.05, 0.1) is 6.54 Å². The van der Waals surface area contributed by atoms with Gasteiger partial charge in [0.2, 0.25) is 0 Å². The standard InChI is InChI=1S/C24BF20.C24H43N/c26-5-1(6(27)14(35)21(42)13(5)34)25(2-7(28)15(36)22(43)16(37)8(2)29,3-9(30)17(38)23(44)18(39)10(3)31)4-11(32)19(40)24(45)20(41)12(4)33;1-2-3-4-5-6-7-8-9-10-11-12-13-14-15-16-20-23-25-24-21-18-17-19-22-24/h;17-19,21-22,25H,2-16,20,23H2,1H3/q-1;/p+1. The fourth-order valence-corrected chi connectivity index (χ4v) is 8.42. The van der Waals surface area contributed by atoms with E-state index in [0.717, 1.165) is 0 Å².